The summed E-state index contributed by atoms with van der Waals surface area (Å²) >= 11 is 5.63. The second-order valence-corrected chi connectivity index (χ2v) is 10.4. The fourth-order valence-corrected chi connectivity index (χ4v) is 4.88. The number of carbonyl (C=O) groups excluding carboxylic acids is 1. The average molecular weight is 685 g/mol. The van der Waals surface area contributed by atoms with Crippen molar-refractivity contribution in [3.63, 3.8) is 0 Å². The zero-order valence-corrected chi connectivity index (χ0v) is 24.3. The number of hydrazone groups is 1. The molecule has 8 heteroatoms. The Bertz CT molecular complexity index is 1360. The first-order chi connectivity index (χ1) is 18.4. The Morgan fingerprint density at radius 1 is 0.974 bits per heavy atom. The summed E-state index contributed by atoms with van der Waals surface area (Å²) in [6, 6.07) is 29.2. The fraction of sp³-hybridized carbons (Fsp3) is 0.133. The van der Waals surface area contributed by atoms with E-state index in [1.54, 1.807) is 54.6 Å². The largest absolute Gasteiger partial charge is 0.490 e. The minimum absolute atomic E-state index is 0.393. The molecule has 0 radical (unpaired) electrons. The normalized spacial score (nSPS) is 11.4. The highest BCUT2D eigenvalue weighted by Crippen LogP contribution is 2.35. The summed E-state index contributed by atoms with van der Waals surface area (Å²) in [5, 5.41) is 15.7. The first-order valence-electron chi connectivity index (χ1n) is 11.9. The maximum atomic E-state index is 13.3. The van der Waals surface area contributed by atoms with E-state index in [2.05, 4.69) is 49.0 Å². The molecule has 0 fully saturated rings. The lowest BCUT2D eigenvalue weighted by atomic mass is 9.85. The van der Waals surface area contributed by atoms with Gasteiger partial charge < -0.3 is 14.6 Å². The number of halogens is 2. The molecule has 6 nitrogen and oxygen atoms in total. The SMILES string of the molecule is CCOc1cc(/C=N/NC(=O)C(O)(c2ccccc2)c2ccccc2)cc(I)c1OCc1ccc(Br)cc1. The number of aliphatic hydroxyl groups is 1. The van der Waals surface area contributed by atoms with Crippen molar-refractivity contribution in [2.45, 2.75) is 19.1 Å². The Labute approximate surface area is 244 Å². The van der Waals surface area contributed by atoms with Gasteiger partial charge in [-0.1, -0.05) is 88.7 Å². The molecule has 38 heavy (non-hydrogen) atoms. The molecule has 0 bridgehead atoms. The number of carbonyl (C=O) groups is 1. The third-order valence-electron chi connectivity index (χ3n) is 5.72. The molecule has 0 atom stereocenters. The van der Waals surface area contributed by atoms with E-state index in [4.69, 9.17) is 9.47 Å². The fourth-order valence-electron chi connectivity index (χ4n) is 3.84. The van der Waals surface area contributed by atoms with Crippen molar-refractivity contribution in [2.75, 3.05) is 6.61 Å². The molecule has 0 aromatic heterocycles. The first kappa shape index (κ1) is 27.8. The summed E-state index contributed by atoms with van der Waals surface area (Å²) in [4.78, 5) is 13.3. The Balaban J connectivity index is 1.53. The molecule has 0 spiro atoms. The summed E-state index contributed by atoms with van der Waals surface area (Å²) < 4.78 is 13.8. The molecule has 0 saturated carbocycles. The van der Waals surface area contributed by atoms with Gasteiger partial charge in [0.1, 0.15) is 6.61 Å². The van der Waals surface area contributed by atoms with E-state index in [1.165, 1.54) is 6.21 Å². The van der Waals surface area contributed by atoms with Gasteiger partial charge in [-0.25, -0.2) is 5.43 Å². The van der Waals surface area contributed by atoms with Gasteiger partial charge >= 0.3 is 0 Å². The Morgan fingerprint density at radius 2 is 1.58 bits per heavy atom. The van der Waals surface area contributed by atoms with Gasteiger partial charge in [0.25, 0.3) is 5.91 Å². The molecule has 4 aromatic rings. The highest BCUT2D eigenvalue weighted by Gasteiger charge is 2.39. The van der Waals surface area contributed by atoms with Crippen molar-refractivity contribution < 1.29 is 19.4 Å². The number of benzene rings is 4. The van der Waals surface area contributed by atoms with E-state index in [9.17, 15) is 9.90 Å². The van der Waals surface area contributed by atoms with Crippen LogP contribution < -0.4 is 14.9 Å². The Kier molecular flexibility index (Phi) is 9.54. The van der Waals surface area contributed by atoms with E-state index >= 15 is 0 Å². The molecule has 194 valence electrons. The van der Waals surface area contributed by atoms with Gasteiger partial charge in [-0.05, 0) is 76.0 Å². The molecule has 1 amide bonds. The van der Waals surface area contributed by atoms with E-state index in [-0.39, 0.29) is 0 Å². The number of nitrogens with zero attached hydrogens (tertiary/aromatic N) is 1. The van der Waals surface area contributed by atoms with Crippen LogP contribution in [0.3, 0.4) is 0 Å². The number of hydrogen-bond acceptors (Lipinski definition) is 5. The van der Waals surface area contributed by atoms with Gasteiger partial charge in [0.2, 0.25) is 0 Å². The summed E-state index contributed by atoms with van der Waals surface area (Å²) in [6.45, 7) is 2.76. The van der Waals surface area contributed by atoms with Gasteiger partial charge in [-0.2, -0.15) is 5.10 Å². The molecule has 4 aromatic carbocycles. The molecule has 4 rings (SSSR count). The zero-order valence-electron chi connectivity index (χ0n) is 20.6. The molecule has 0 aliphatic rings. The van der Waals surface area contributed by atoms with Crippen molar-refractivity contribution in [1.82, 2.24) is 5.43 Å². The summed E-state index contributed by atoms with van der Waals surface area (Å²) in [5.41, 5.74) is 3.23. The summed E-state index contributed by atoms with van der Waals surface area (Å²) in [5.74, 6) is 0.550. The third-order valence-corrected chi connectivity index (χ3v) is 7.05. The summed E-state index contributed by atoms with van der Waals surface area (Å²) in [6.07, 6.45) is 1.51. The number of hydrogen-bond donors (Lipinski definition) is 2. The molecule has 0 aliphatic heterocycles. The topological polar surface area (TPSA) is 80.2 Å². The van der Waals surface area contributed by atoms with Crippen molar-refractivity contribution in [1.29, 1.82) is 0 Å². The molecular weight excluding hydrogens is 659 g/mol. The minimum atomic E-state index is -1.91. The van der Waals surface area contributed by atoms with Crippen LogP contribution in [-0.4, -0.2) is 23.8 Å². The molecule has 2 N–H and O–H groups in total. The van der Waals surface area contributed by atoms with Gasteiger partial charge in [0.05, 0.1) is 16.4 Å². The van der Waals surface area contributed by atoms with E-state index < -0.39 is 11.5 Å². The quantitative estimate of drug-likeness (QED) is 0.115. The van der Waals surface area contributed by atoms with Crippen LogP contribution in [-0.2, 0) is 17.0 Å². The van der Waals surface area contributed by atoms with Crippen molar-refractivity contribution in [3.05, 3.63) is 127 Å². The number of rotatable bonds is 10. The molecule has 0 aliphatic carbocycles. The second-order valence-electron chi connectivity index (χ2n) is 8.32. The third kappa shape index (κ3) is 6.61. The number of ether oxygens (including phenoxy) is 2. The van der Waals surface area contributed by atoms with E-state index in [0.29, 0.717) is 41.4 Å². The van der Waals surface area contributed by atoms with Crippen LogP contribution in [0.15, 0.2) is 107 Å². The highest BCUT2D eigenvalue weighted by atomic mass is 127. The van der Waals surface area contributed by atoms with Gasteiger partial charge in [0.15, 0.2) is 17.1 Å². The first-order valence-corrected chi connectivity index (χ1v) is 13.8. The zero-order chi connectivity index (χ0) is 27.0. The van der Waals surface area contributed by atoms with Gasteiger partial charge in [-0.15, -0.1) is 0 Å². The minimum Gasteiger partial charge on any atom is -0.490 e. The molecule has 0 saturated heterocycles. The number of nitrogens with one attached hydrogen (secondary N) is 1. The predicted molar refractivity (Wildman–Crippen MR) is 160 cm³/mol. The molecular formula is C30H26BrIN2O4. The van der Waals surface area contributed by atoms with Gasteiger partial charge in [-0.3, -0.25) is 4.79 Å². The molecule has 0 heterocycles. The predicted octanol–water partition coefficient (Wildman–Crippen LogP) is 6.42. The Hall–Kier alpha value is -3.21. The van der Waals surface area contributed by atoms with Gasteiger partial charge in [0, 0.05) is 4.47 Å². The highest BCUT2D eigenvalue weighted by molar-refractivity contribution is 14.1. The Morgan fingerprint density at radius 3 is 2.16 bits per heavy atom. The second kappa shape index (κ2) is 13.0. The van der Waals surface area contributed by atoms with Crippen LogP contribution in [0, 0.1) is 3.57 Å². The lowest BCUT2D eigenvalue weighted by Crippen LogP contribution is -2.43. The lowest BCUT2D eigenvalue weighted by Gasteiger charge is -2.27. The smallest absolute Gasteiger partial charge is 0.281 e. The van der Waals surface area contributed by atoms with E-state index in [1.807, 2.05) is 49.4 Å². The maximum Gasteiger partial charge on any atom is 0.281 e. The average Bonchev–Trinajstić information content (AvgIpc) is 2.94. The monoisotopic (exact) mass is 684 g/mol. The standard InChI is InChI=1S/C30H26BrIN2O4/c1-2-37-27-18-22(17-26(32)28(27)38-20-21-13-15-25(31)16-14-21)19-33-34-29(35)30(36,23-9-5-3-6-10-23)24-11-7-4-8-12-24/h3-19,36H,2,20H2,1H3,(H,34,35)/b33-19+. The van der Waals surface area contributed by atoms with E-state index in [0.717, 1.165) is 13.6 Å². The van der Waals surface area contributed by atoms with Crippen LogP contribution >= 0.6 is 38.5 Å². The van der Waals surface area contributed by atoms with Crippen molar-refractivity contribution in [2.24, 2.45) is 5.10 Å². The lowest BCUT2D eigenvalue weighted by molar-refractivity contribution is -0.136. The number of amides is 1. The van der Waals surface area contributed by atoms with Crippen LogP contribution in [0.5, 0.6) is 11.5 Å². The van der Waals surface area contributed by atoms with Crippen molar-refractivity contribution >= 4 is 50.6 Å². The van der Waals surface area contributed by atoms with Crippen LogP contribution in [0.1, 0.15) is 29.2 Å². The van der Waals surface area contributed by atoms with Crippen LogP contribution in [0.2, 0.25) is 0 Å². The van der Waals surface area contributed by atoms with Crippen LogP contribution in [0.4, 0.5) is 0 Å². The van der Waals surface area contributed by atoms with Crippen LogP contribution in [0.25, 0.3) is 0 Å². The maximum absolute atomic E-state index is 13.3. The molecule has 0 unspecified atom stereocenters. The summed E-state index contributed by atoms with van der Waals surface area (Å²) in [7, 11) is 0. The van der Waals surface area contributed by atoms with Crippen molar-refractivity contribution in [3.8, 4) is 11.5 Å².